The molecule has 1 aromatic heterocycles. The zero-order valence-electron chi connectivity index (χ0n) is 8.73. The van der Waals surface area contributed by atoms with Crippen LogP contribution in [0.3, 0.4) is 0 Å². The number of methoxy groups -OCH3 is 1. The Morgan fingerprint density at radius 3 is 2.69 bits per heavy atom. The van der Waals surface area contributed by atoms with Gasteiger partial charge in [-0.2, -0.15) is 0 Å². The fourth-order valence-electron chi connectivity index (χ4n) is 1.40. The molecular weight excluding hydrogens is 206 g/mol. The average Bonchev–Trinajstić information content (AvgIpc) is 2.71. The van der Waals surface area contributed by atoms with Gasteiger partial charge in [-0.3, -0.25) is 0 Å². The van der Waals surface area contributed by atoms with Crippen LogP contribution in [0.5, 0.6) is 0 Å². The van der Waals surface area contributed by atoms with Gasteiger partial charge in [0.2, 0.25) is 5.82 Å². The fraction of sp³-hybridized carbons (Fsp3) is 0.0909. The lowest BCUT2D eigenvalue weighted by Crippen LogP contribution is -2.03. The number of nitrogens with one attached hydrogen (secondary N) is 1. The van der Waals surface area contributed by atoms with Crippen LogP contribution in [-0.2, 0) is 4.74 Å². The molecule has 0 radical (unpaired) electrons. The lowest BCUT2D eigenvalue weighted by molar-refractivity contribution is 0.0588. The second-order valence-corrected chi connectivity index (χ2v) is 3.20. The third kappa shape index (κ3) is 1.75. The number of ether oxygens (including phenoxy) is 1. The number of hydrogen-bond acceptors (Lipinski definition) is 4. The van der Waals surface area contributed by atoms with Crippen LogP contribution < -0.4 is 5.73 Å². The van der Waals surface area contributed by atoms with Crippen LogP contribution in [-0.4, -0.2) is 23.0 Å². The highest BCUT2D eigenvalue weighted by molar-refractivity contribution is 5.88. The predicted molar refractivity (Wildman–Crippen MR) is 59.8 cm³/mol. The molecule has 0 atom stereocenters. The van der Waals surface area contributed by atoms with Crippen molar-refractivity contribution in [3.05, 3.63) is 36.2 Å². The summed E-state index contributed by atoms with van der Waals surface area (Å²) in [6.07, 6.45) is 0. The van der Waals surface area contributed by atoms with Gasteiger partial charge in [-0.15, -0.1) is 0 Å². The number of aromatic amines is 1. The number of nitrogen functional groups attached to an aromatic ring is 1. The summed E-state index contributed by atoms with van der Waals surface area (Å²) in [4.78, 5) is 18.0. The summed E-state index contributed by atoms with van der Waals surface area (Å²) in [5.74, 6) is -0.140. The Labute approximate surface area is 92.3 Å². The fourth-order valence-corrected chi connectivity index (χ4v) is 1.40. The Kier molecular flexibility index (Phi) is 2.59. The number of imidazole rings is 1. The molecule has 2 aromatic rings. The Morgan fingerprint density at radius 2 is 2.06 bits per heavy atom. The number of anilines is 1. The van der Waals surface area contributed by atoms with Crippen LogP contribution >= 0.6 is 0 Å². The van der Waals surface area contributed by atoms with Crippen LogP contribution in [0, 0.1) is 0 Å². The molecule has 0 spiro atoms. The SMILES string of the molecule is COC(=O)c1nc(N)c(-c2ccccc2)[nH]1. The molecule has 0 saturated carbocycles. The lowest BCUT2D eigenvalue weighted by Gasteiger charge is -1.97. The van der Waals surface area contributed by atoms with Gasteiger partial charge in [-0.1, -0.05) is 30.3 Å². The summed E-state index contributed by atoms with van der Waals surface area (Å²) in [6.45, 7) is 0. The van der Waals surface area contributed by atoms with E-state index in [-0.39, 0.29) is 11.6 Å². The molecule has 5 nitrogen and oxygen atoms in total. The van der Waals surface area contributed by atoms with Crippen molar-refractivity contribution < 1.29 is 9.53 Å². The normalized spacial score (nSPS) is 10.1. The summed E-state index contributed by atoms with van der Waals surface area (Å²) in [5.41, 5.74) is 7.22. The van der Waals surface area contributed by atoms with Crippen molar-refractivity contribution in [2.45, 2.75) is 0 Å². The molecule has 0 amide bonds. The molecule has 0 aliphatic heterocycles. The lowest BCUT2D eigenvalue weighted by atomic mass is 10.1. The number of rotatable bonds is 2. The first kappa shape index (κ1) is 10.2. The summed E-state index contributed by atoms with van der Waals surface area (Å²) < 4.78 is 4.55. The summed E-state index contributed by atoms with van der Waals surface area (Å²) in [7, 11) is 1.29. The minimum atomic E-state index is -0.533. The third-order valence-electron chi connectivity index (χ3n) is 2.17. The van der Waals surface area contributed by atoms with E-state index in [9.17, 15) is 4.79 Å². The second kappa shape index (κ2) is 4.06. The maximum atomic E-state index is 11.2. The Morgan fingerprint density at radius 1 is 1.38 bits per heavy atom. The van der Waals surface area contributed by atoms with Gasteiger partial charge >= 0.3 is 5.97 Å². The zero-order valence-corrected chi connectivity index (χ0v) is 8.73. The number of hydrogen-bond donors (Lipinski definition) is 2. The zero-order chi connectivity index (χ0) is 11.5. The van der Waals surface area contributed by atoms with Crippen LogP contribution in [0.2, 0.25) is 0 Å². The van der Waals surface area contributed by atoms with Crippen LogP contribution in [0.15, 0.2) is 30.3 Å². The smallest absolute Gasteiger partial charge is 0.374 e. The molecule has 0 aliphatic rings. The molecule has 2 rings (SSSR count). The molecule has 0 bridgehead atoms. The standard InChI is InChI=1S/C11H11N3O2/c1-16-11(15)10-13-8(9(12)14-10)7-5-3-2-4-6-7/h2-6H,12H2,1H3,(H,13,14). The molecule has 16 heavy (non-hydrogen) atoms. The number of nitrogens with zero attached hydrogens (tertiary/aromatic N) is 1. The van der Waals surface area contributed by atoms with E-state index >= 15 is 0 Å². The van der Waals surface area contributed by atoms with Crippen molar-refractivity contribution in [2.75, 3.05) is 12.8 Å². The molecule has 0 saturated heterocycles. The van der Waals surface area contributed by atoms with Crippen molar-refractivity contribution in [3.8, 4) is 11.3 Å². The Hall–Kier alpha value is -2.30. The van der Waals surface area contributed by atoms with Crippen molar-refractivity contribution in [2.24, 2.45) is 0 Å². The molecule has 1 heterocycles. The highest BCUT2D eigenvalue weighted by atomic mass is 16.5. The van der Waals surface area contributed by atoms with Gasteiger partial charge in [-0.05, 0) is 0 Å². The number of carbonyl (C=O) groups excluding carboxylic acids is 1. The number of nitrogens with two attached hydrogens (primary N) is 1. The molecule has 5 heteroatoms. The van der Waals surface area contributed by atoms with Gasteiger partial charge in [-0.25, -0.2) is 9.78 Å². The van der Waals surface area contributed by atoms with E-state index in [1.54, 1.807) is 0 Å². The summed E-state index contributed by atoms with van der Waals surface area (Å²) in [6, 6.07) is 9.42. The maximum Gasteiger partial charge on any atom is 0.374 e. The summed E-state index contributed by atoms with van der Waals surface area (Å²) in [5, 5.41) is 0. The number of esters is 1. The molecule has 1 aromatic carbocycles. The quantitative estimate of drug-likeness (QED) is 0.746. The van der Waals surface area contributed by atoms with E-state index in [2.05, 4.69) is 14.7 Å². The van der Waals surface area contributed by atoms with Gasteiger partial charge in [0.05, 0.1) is 12.8 Å². The molecule has 3 N–H and O–H groups in total. The topological polar surface area (TPSA) is 81.0 Å². The molecule has 0 fully saturated rings. The summed E-state index contributed by atoms with van der Waals surface area (Å²) >= 11 is 0. The highest BCUT2D eigenvalue weighted by Crippen LogP contribution is 2.22. The number of benzene rings is 1. The first-order valence-corrected chi connectivity index (χ1v) is 4.71. The van der Waals surface area contributed by atoms with Crippen molar-refractivity contribution >= 4 is 11.8 Å². The van der Waals surface area contributed by atoms with Gasteiger partial charge in [0, 0.05) is 5.56 Å². The number of H-pyrrole nitrogens is 1. The first-order valence-electron chi connectivity index (χ1n) is 4.71. The predicted octanol–water partition coefficient (Wildman–Crippen LogP) is 1.45. The second-order valence-electron chi connectivity index (χ2n) is 3.20. The molecular formula is C11H11N3O2. The first-order chi connectivity index (χ1) is 7.72. The van der Waals surface area contributed by atoms with E-state index in [0.29, 0.717) is 5.69 Å². The van der Waals surface area contributed by atoms with Gasteiger partial charge in [0.1, 0.15) is 0 Å². The van der Waals surface area contributed by atoms with Crippen LogP contribution in [0.4, 0.5) is 5.82 Å². The minimum absolute atomic E-state index is 0.110. The van der Waals surface area contributed by atoms with Crippen LogP contribution in [0.1, 0.15) is 10.6 Å². The van der Waals surface area contributed by atoms with Crippen LogP contribution in [0.25, 0.3) is 11.3 Å². The van der Waals surface area contributed by atoms with Gasteiger partial charge in [0.15, 0.2) is 5.82 Å². The van der Waals surface area contributed by atoms with E-state index in [4.69, 9.17) is 5.73 Å². The molecule has 0 unspecified atom stereocenters. The van der Waals surface area contributed by atoms with Crippen molar-refractivity contribution in [3.63, 3.8) is 0 Å². The number of carbonyl (C=O) groups is 1. The minimum Gasteiger partial charge on any atom is -0.463 e. The van der Waals surface area contributed by atoms with Gasteiger partial charge < -0.3 is 15.5 Å². The third-order valence-corrected chi connectivity index (χ3v) is 2.17. The van der Waals surface area contributed by atoms with E-state index < -0.39 is 5.97 Å². The Bertz CT molecular complexity index is 505. The molecule has 82 valence electrons. The largest absolute Gasteiger partial charge is 0.463 e. The maximum absolute atomic E-state index is 11.2. The average molecular weight is 217 g/mol. The Balaban J connectivity index is 2.44. The molecule has 0 aliphatic carbocycles. The van der Waals surface area contributed by atoms with Gasteiger partial charge in [0.25, 0.3) is 0 Å². The van der Waals surface area contributed by atoms with E-state index in [0.717, 1.165) is 5.56 Å². The number of aromatic nitrogens is 2. The van der Waals surface area contributed by atoms with Crippen molar-refractivity contribution in [1.29, 1.82) is 0 Å². The van der Waals surface area contributed by atoms with Crippen molar-refractivity contribution in [1.82, 2.24) is 9.97 Å². The van der Waals surface area contributed by atoms with E-state index in [1.165, 1.54) is 7.11 Å². The highest BCUT2D eigenvalue weighted by Gasteiger charge is 2.14. The monoisotopic (exact) mass is 217 g/mol. The van der Waals surface area contributed by atoms with E-state index in [1.807, 2.05) is 30.3 Å².